The van der Waals surface area contributed by atoms with Gasteiger partial charge in [0.2, 0.25) is 0 Å². The van der Waals surface area contributed by atoms with Crippen molar-refractivity contribution in [3.8, 4) is 0 Å². The van der Waals surface area contributed by atoms with Gasteiger partial charge in [-0.3, -0.25) is 0 Å². The zero-order chi connectivity index (χ0) is 13.2. The molecular weight excluding hydrogens is 240 g/mol. The van der Waals surface area contributed by atoms with Crippen molar-refractivity contribution in [3.05, 3.63) is 48.2 Å². The Balaban J connectivity index is 1.82. The highest BCUT2D eigenvalue weighted by Crippen LogP contribution is 2.10. The minimum Gasteiger partial charge on any atom is -0.323 e. The second-order valence-electron chi connectivity index (χ2n) is 4.55. The molecule has 2 N–H and O–H groups in total. The molecule has 0 saturated carbocycles. The van der Waals surface area contributed by atoms with Crippen LogP contribution >= 0.6 is 0 Å². The number of imidazole rings is 1. The summed E-state index contributed by atoms with van der Waals surface area (Å²) in [6.45, 7) is 2.64. The molecule has 0 bridgehead atoms. The highest BCUT2D eigenvalue weighted by atomic mass is 15.4. The number of nitrogens with zero attached hydrogens (tertiary/aromatic N) is 5. The lowest BCUT2D eigenvalue weighted by Gasteiger charge is -2.01. The summed E-state index contributed by atoms with van der Waals surface area (Å²) in [6, 6.07) is 5.88. The van der Waals surface area contributed by atoms with Crippen LogP contribution in [0.15, 0.2) is 36.8 Å². The van der Waals surface area contributed by atoms with Crippen LogP contribution in [-0.4, -0.2) is 24.4 Å². The molecule has 0 saturated heterocycles. The fourth-order valence-corrected chi connectivity index (χ4v) is 2.00. The van der Waals surface area contributed by atoms with E-state index in [9.17, 15) is 0 Å². The van der Waals surface area contributed by atoms with E-state index in [0.717, 1.165) is 23.5 Å². The van der Waals surface area contributed by atoms with Crippen molar-refractivity contribution in [2.24, 2.45) is 5.73 Å². The molecule has 6 nitrogen and oxygen atoms in total. The molecule has 0 fully saturated rings. The molecule has 0 amide bonds. The lowest BCUT2D eigenvalue weighted by atomic mass is 10.2. The van der Waals surface area contributed by atoms with Gasteiger partial charge in [-0.05, 0) is 18.6 Å². The summed E-state index contributed by atoms with van der Waals surface area (Å²) < 4.78 is 3.76. The second kappa shape index (κ2) is 4.81. The normalized spacial score (nSPS) is 12.9. The molecule has 3 rings (SSSR count). The summed E-state index contributed by atoms with van der Waals surface area (Å²) in [5, 5.41) is 8.18. The van der Waals surface area contributed by atoms with Crippen molar-refractivity contribution in [1.82, 2.24) is 24.4 Å². The zero-order valence-corrected chi connectivity index (χ0v) is 10.8. The van der Waals surface area contributed by atoms with Crippen LogP contribution in [0.5, 0.6) is 0 Å². The number of aromatic nitrogens is 5. The first-order valence-corrected chi connectivity index (χ1v) is 6.34. The number of hydrogen-bond donors (Lipinski definition) is 1. The van der Waals surface area contributed by atoms with Crippen LogP contribution in [0.2, 0.25) is 0 Å². The first-order chi connectivity index (χ1) is 9.26. The molecule has 0 aliphatic rings. The van der Waals surface area contributed by atoms with Gasteiger partial charge in [0.05, 0.1) is 30.2 Å². The van der Waals surface area contributed by atoms with Crippen LogP contribution in [0.25, 0.3) is 5.65 Å². The SMILES string of the molecule is CCC(N)c1cn(Cc2cn3ccccc3n2)nn1. The molecule has 3 heterocycles. The topological polar surface area (TPSA) is 74.0 Å². The Morgan fingerprint density at radius 2 is 2.21 bits per heavy atom. The van der Waals surface area contributed by atoms with Gasteiger partial charge in [0.1, 0.15) is 5.65 Å². The molecule has 3 aromatic heterocycles. The van der Waals surface area contributed by atoms with E-state index < -0.39 is 0 Å². The van der Waals surface area contributed by atoms with Gasteiger partial charge in [0.15, 0.2) is 0 Å². The van der Waals surface area contributed by atoms with Crippen LogP contribution in [-0.2, 0) is 6.54 Å². The van der Waals surface area contributed by atoms with Gasteiger partial charge in [0.25, 0.3) is 0 Å². The Bertz CT molecular complexity index is 650. The van der Waals surface area contributed by atoms with Gasteiger partial charge in [-0.1, -0.05) is 18.2 Å². The van der Waals surface area contributed by atoms with Crippen LogP contribution in [0.4, 0.5) is 0 Å². The third-order valence-corrected chi connectivity index (χ3v) is 3.11. The molecule has 1 unspecified atom stereocenters. The Labute approximate surface area is 110 Å². The average Bonchev–Trinajstić information content (AvgIpc) is 3.04. The first kappa shape index (κ1) is 11.9. The number of rotatable bonds is 4. The summed E-state index contributed by atoms with van der Waals surface area (Å²) in [5.41, 5.74) is 8.64. The smallest absolute Gasteiger partial charge is 0.137 e. The maximum atomic E-state index is 5.93. The summed E-state index contributed by atoms with van der Waals surface area (Å²) in [7, 11) is 0. The maximum Gasteiger partial charge on any atom is 0.137 e. The largest absolute Gasteiger partial charge is 0.323 e. The summed E-state index contributed by atoms with van der Waals surface area (Å²) >= 11 is 0. The van der Waals surface area contributed by atoms with Crippen molar-refractivity contribution in [1.29, 1.82) is 0 Å². The van der Waals surface area contributed by atoms with Crippen molar-refractivity contribution in [2.45, 2.75) is 25.9 Å². The Hall–Kier alpha value is -2.21. The van der Waals surface area contributed by atoms with Gasteiger partial charge in [0, 0.05) is 12.4 Å². The molecule has 6 heteroatoms. The second-order valence-corrected chi connectivity index (χ2v) is 4.55. The summed E-state index contributed by atoms with van der Waals surface area (Å²) in [6.07, 6.45) is 6.72. The monoisotopic (exact) mass is 256 g/mol. The van der Waals surface area contributed by atoms with Crippen molar-refractivity contribution < 1.29 is 0 Å². The minimum atomic E-state index is -0.0465. The van der Waals surface area contributed by atoms with Gasteiger partial charge >= 0.3 is 0 Å². The summed E-state index contributed by atoms with van der Waals surface area (Å²) in [4.78, 5) is 4.53. The fourth-order valence-electron chi connectivity index (χ4n) is 2.00. The standard InChI is InChI=1S/C13H16N6/c1-2-11(14)12-9-19(17-16-12)8-10-7-18-6-4-3-5-13(18)15-10/h3-7,9,11H,2,8,14H2,1H3. The Kier molecular flexibility index (Phi) is 3.00. The molecule has 3 aromatic rings. The van der Waals surface area contributed by atoms with E-state index in [2.05, 4.69) is 15.3 Å². The van der Waals surface area contributed by atoms with Crippen LogP contribution in [0, 0.1) is 0 Å². The molecule has 0 aliphatic heterocycles. The Morgan fingerprint density at radius 1 is 1.32 bits per heavy atom. The van der Waals surface area contributed by atoms with Gasteiger partial charge in [-0.25, -0.2) is 9.67 Å². The molecule has 0 spiro atoms. The predicted octanol–water partition coefficient (Wildman–Crippen LogP) is 1.38. The lowest BCUT2D eigenvalue weighted by molar-refractivity contribution is 0.637. The van der Waals surface area contributed by atoms with Crippen molar-refractivity contribution >= 4 is 5.65 Å². The molecular formula is C13H16N6. The third kappa shape index (κ3) is 2.34. The molecule has 0 radical (unpaired) electrons. The van der Waals surface area contributed by atoms with Gasteiger partial charge < -0.3 is 10.1 Å². The first-order valence-electron chi connectivity index (χ1n) is 6.34. The van der Waals surface area contributed by atoms with Gasteiger partial charge in [-0.15, -0.1) is 5.10 Å². The van der Waals surface area contributed by atoms with E-state index in [1.54, 1.807) is 4.68 Å². The number of fused-ring (bicyclic) bond motifs is 1. The predicted molar refractivity (Wildman–Crippen MR) is 71.5 cm³/mol. The highest BCUT2D eigenvalue weighted by molar-refractivity contribution is 5.39. The van der Waals surface area contributed by atoms with E-state index in [1.807, 2.05) is 48.1 Å². The molecule has 0 aromatic carbocycles. The zero-order valence-electron chi connectivity index (χ0n) is 10.8. The number of hydrogen-bond acceptors (Lipinski definition) is 4. The minimum absolute atomic E-state index is 0.0465. The molecule has 1 atom stereocenters. The van der Waals surface area contributed by atoms with E-state index in [1.165, 1.54) is 0 Å². The lowest BCUT2D eigenvalue weighted by Crippen LogP contribution is -2.08. The Morgan fingerprint density at radius 3 is 3.00 bits per heavy atom. The number of pyridine rings is 1. The summed E-state index contributed by atoms with van der Waals surface area (Å²) in [5.74, 6) is 0. The van der Waals surface area contributed by atoms with Crippen molar-refractivity contribution in [2.75, 3.05) is 0 Å². The van der Waals surface area contributed by atoms with Crippen LogP contribution in [0.1, 0.15) is 30.8 Å². The van der Waals surface area contributed by atoms with Gasteiger partial charge in [-0.2, -0.15) is 0 Å². The third-order valence-electron chi connectivity index (χ3n) is 3.11. The quantitative estimate of drug-likeness (QED) is 0.765. The fraction of sp³-hybridized carbons (Fsp3) is 0.308. The van der Waals surface area contributed by atoms with Crippen LogP contribution < -0.4 is 5.73 Å². The van der Waals surface area contributed by atoms with E-state index in [4.69, 9.17) is 5.73 Å². The van der Waals surface area contributed by atoms with E-state index in [0.29, 0.717) is 6.54 Å². The molecule has 19 heavy (non-hydrogen) atoms. The maximum absolute atomic E-state index is 5.93. The van der Waals surface area contributed by atoms with E-state index >= 15 is 0 Å². The van der Waals surface area contributed by atoms with E-state index in [-0.39, 0.29) is 6.04 Å². The average molecular weight is 256 g/mol. The number of nitrogens with two attached hydrogens (primary N) is 1. The molecule has 0 aliphatic carbocycles. The highest BCUT2D eigenvalue weighted by Gasteiger charge is 2.09. The van der Waals surface area contributed by atoms with Crippen molar-refractivity contribution in [3.63, 3.8) is 0 Å². The molecule has 98 valence electrons. The van der Waals surface area contributed by atoms with Crippen LogP contribution in [0.3, 0.4) is 0 Å².